The van der Waals surface area contributed by atoms with Crippen molar-refractivity contribution in [3.05, 3.63) is 53.9 Å². The van der Waals surface area contributed by atoms with Crippen LogP contribution in [-0.4, -0.2) is 66.2 Å². The highest BCUT2D eigenvalue weighted by molar-refractivity contribution is 5.95. The van der Waals surface area contributed by atoms with Crippen LogP contribution in [0.1, 0.15) is 29.3 Å². The van der Waals surface area contributed by atoms with Crippen LogP contribution in [0.25, 0.3) is 0 Å². The van der Waals surface area contributed by atoms with E-state index in [1.54, 1.807) is 35.5 Å². The van der Waals surface area contributed by atoms with Crippen molar-refractivity contribution in [3.8, 4) is 11.5 Å². The molecule has 0 atom stereocenters. The molecule has 168 valence electrons. The van der Waals surface area contributed by atoms with Gasteiger partial charge in [0.05, 0.1) is 13.2 Å². The monoisotopic (exact) mass is 437 g/mol. The second-order valence-electron chi connectivity index (χ2n) is 7.28. The molecule has 3 rings (SSSR count). The van der Waals surface area contributed by atoms with Crippen LogP contribution < -0.4 is 9.47 Å². The molecule has 0 spiro atoms. The Kier molecular flexibility index (Phi) is 7.73. The molecule has 1 aromatic heterocycles. The number of carbonyl (C=O) groups is 1. The quantitative estimate of drug-likeness (QED) is 0.660. The van der Waals surface area contributed by atoms with Crippen LogP contribution in [-0.2, 0) is 6.61 Å². The van der Waals surface area contributed by atoms with Crippen molar-refractivity contribution < 1.29 is 27.4 Å². The van der Waals surface area contributed by atoms with E-state index < -0.39 is 12.7 Å². The summed E-state index contributed by atoms with van der Waals surface area (Å²) >= 11 is 0. The molecular formula is C22H26F3N3O3. The molecule has 1 aliphatic heterocycles. The topological polar surface area (TPSA) is 54.9 Å². The fourth-order valence-corrected chi connectivity index (χ4v) is 3.44. The maximum Gasteiger partial charge on any atom is 0.401 e. The highest BCUT2D eigenvalue weighted by atomic mass is 19.4. The number of pyridine rings is 1. The average molecular weight is 437 g/mol. The number of ether oxygens (including phenoxy) is 2. The fraction of sp³-hybridized carbons (Fsp3) is 0.455. The first kappa shape index (κ1) is 22.9. The number of halogens is 3. The van der Waals surface area contributed by atoms with Crippen molar-refractivity contribution in [2.24, 2.45) is 0 Å². The first-order valence-corrected chi connectivity index (χ1v) is 10.2. The summed E-state index contributed by atoms with van der Waals surface area (Å²) in [4.78, 5) is 20.0. The van der Waals surface area contributed by atoms with Gasteiger partial charge >= 0.3 is 6.18 Å². The second-order valence-corrected chi connectivity index (χ2v) is 7.28. The molecule has 0 radical (unpaired) electrons. The van der Waals surface area contributed by atoms with Crippen LogP contribution in [0, 0.1) is 0 Å². The lowest BCUT2D eigenvalue weighted by Crippen LogP contribution is -2.38. The van der Waals surface area contributed by atoms with Gasteiger partial charge in [-0.25, -0.2) is 0 Å². The summed E-state index contributed by atoms with van der Waals surface area (Å²) in [5, 5.41) is 0. The van der Waals surface area contributed by atoms with Crippen molar-refractivity contribution >= 4 is 5.91 Å². The van der Waals surface area contributed by atoms with Gasteiger partial charge in [0.15, 0.2) is 11.5 Å². The lowest BCUT2D eigenvalue weighted by Gasteiger charge is -2.23. The number of aromatic nitrogens is 1. The lowest BCUT2D eigenvalue weighted by atomic mass is 10.1. The molecule has 0 bridgehead atoms. The molecule has 1 aromatic carbocycles. The van der Waals surface area contributed by atoms with Crippen LogP contribution in [0.15, 0.2) is 42.7 Å². The van der Waals surface area contributed by atoms with Crippen LogP contribution in [0.3, 0.4) is 0 Å². The minimum atomic E-state index is -4.24. The zero-order valence-corrected chi connectivity index (χ0v) is 17.4. The minimum Gasteiger partial charge on any atom is -0.490 e. The molecule has 0 unspecified atom stereocenters. The molecule has 1 aliphatic rings. The Morgan fingerprint density at radius 3 is 2.65 bits per heavy atom. The van der Waals surface area contributed by atoms with E-state index in [4.69, 9.17) is 9.47 Å². The van der Waals surface area contributed by atoms with Crippen LogP contribution in [0.5, 0.6) is 11.5 Å². The maximum atomic E-state index is 13.0. The van der Waals surface area contributed by atoms with Crippen molar-refractivity contribution in [1.82, 2.24) is 14.8 Å². The smallest absolute Gasteiger partial charge is 0.401 e. The van der Waals surface area contributed by atoms with Gasteiger partial charge in [-0.2, -0.15) is 13.2 Å². The third-order valence-electron chi connectivity index (χ3n) is 4.89. The van der Waals surface area contributed by atoms with Gasteiger partial charge in [0.1, 0.15) is 6.61 Å². The summed E-state index contributed by atoms with van der Waals surface area (Å²) in [6.07, 6.45) is -0.357. The number of alkyl halides is 3. The summed E-state index contributed by atoms with van der Waals surface area (Å²) in [6.45, 7) is 2.76. The zero-order chi connectivity index (χ0) is 22.3. The van der Waals surface area contributed by atoms with E-state index in [1.807, 2.05) is 19.1 Å². The predicted octanol–water partition coefficient (Wildman–Crippen LogP) is 3.77. The third kappa shape index (κ3) is 6.85. The van der Waals surface area contributed by atoms with Gasteiger partial charge in [0.25, 0.3) is 5.91 Å². The molecule has 0 N–H and O–H groups in total. The molecule has 2 heterocycles. The third-order valence-corrected chi connectivity index (χ3v) is 4.89. The normalized spacial score (nSPS) is 15.4. The lowest BCUT2D eigenvalue weighted by molar-refractivity contribution is -0.145. The van der Waals surface area contributed by atoms with Gasteiger partial charge in [-0.1, -0.05) is 6.07 Å². The molecule has 1 amide bonds. The van der Waals surface area contributed by atoms with Crippen LogP contribution in [0.2, 0.25) is 0 Å². The molecular weight excluding hydrogens is 411 g/mol. The maximum absolute atomic E-state index is 13.0. The number of hydrogen-bond acceptors (Lipinski definition) is 5. The second kappa shape index (κ2) is 10.5. The highest BCUT2D eigenvalue weighted by Crippen LogP contribution is 2.30. The molecule has 1 saturated heterocycles. The van der Waals surface area contributed by atoms with Crippen LogP contribution in [0.4, 0.5) is 13.2 Å². The van der Waals surface area contributed by atoms with Gasteiger partial charge in [-0.15, -0.1) is 0 Å². The Hall–Kier alpha value is -2.81. The minimum absolute atomic E-state index is 0.190. The molecule has 2 aromatic rings. The van der Waals surface area contributed by atoms with Gasteiger partial charge in [-0.05, 0) is 37.6 Å². The van der Waals surface area contributed by atoms with Crippen LogP contribution >= 0.6 is 0 Å². The van der Waals surface area contributed by atoms with Crippen molar-refractivity contribution in [2.75, 3.05) is 39.3 Å². The number of benzene rings is 1. The average Bonchev–Trinajstić information content (AvgIpc) is 2.97. The van der Waals surface area contributed by atoms with E-state index in [2.05, 4.69) is 4.98 Å². The number of carbonyl (C=O) groups excluding carboxylic acids is 1. The summed E-state index contributed by atoms with van der Waals surface area (Å²) < 4.78 is 49.5. The number of rotatable bonds is 7. The zero-order valence-electron chi connectivity index (χ0n) is 17.4. The van der Waals surface area contributed by atoms with E-state index >= 15 is 0 Å². The molecule has 0 saturated carbocycles. The van der Waals surface area contributed by atoms with E-state index in [9.17, 15) is 18.0 Å². The van der Waals surface area contributed by atoms with E-state index in [0.717, 1.165) is 5.56 Å². The molecule has 1 fully saturated rings. The Morgan fingerprint density at radius 1 is 1.10 bits per heavy atom. The summed E-state index contributed by atoms with van der Waals surface area (Å²) in [7, 11) is 0. The molecule has 6 nitrogen and oxygen atoms in total. The Labute approximate surface area is 179 Å². The summed E-state index contributed by atoms with van der Waals surface area (Å²) in [5.41, 5.74) is 1.32. The first-order valence-electron chi connectivity index (χ1n) is 10.2. The Morgan fingerprint density at radius 2 is 1.94 bits per heavy atom. The standard InChI is InChI=1S/C22H26F3N3O3/c1-2-30-20-13-18(6-7-19(20)31-15-17-5-3-8-26-14-17)21(29)28-10-4-9-27(11-12-28)16-22(23,24)25/h3,5-8,13-14H,2,4,9-12,15-16H2,1H3. The SMILES string of the molecule is CCOc1cc(C(=O)N2CCCN(CC(F)(F)F)CC2)ccc1OCc1cccnc1. The highest BCUT2D eigenvalue weighted by Gasteiger charge is 2.32. The Bertz CT molecular complexity index is 862. The van der Waals surface area contributed by atoms with E-state index in [1.165, 1.54) is 4.90 Å². The summed E-state index contributed by atoms with van der Waals surface area (Å²) in [5.74, 6) is 0.730. The molecule has 0 aliphatic carbocycles. The predicted molar refractivity (Wildman–Crippen MR) is 109 cm³/mol. The number of amides is 1. The number of hydrogen-bond donors (Lipinski definition) is 0. The molecule has 9 heteroatoms. The van der Waals surface area contributed by atoms with Gasteiger partial charge in [0.2, 0.25) is 0 Å². The van der Waals surface area contributed by atoms with E-state index in [-0.39, 0.29) is 19.0 Å². The fourth-order valence-electron chi connectivity index (χ4n) is 3.44. The Balaban J connectivity index is 1.67. The molecule has 31 heavy (non-hydrogen) atoms. The van der Waals surface area contributed by atoms with Crippen molar-refractivity contribution in [1.29, 1.82) is 0 Å². The summed E-state index contributed by atoms with van der Waals surface area (Å²) in [6, 6.07) is 8.68. The van der Waals surface area contributed by atoms with Gasteiger partial charge < -0.3 is 14.4 Å². The van der Waals surface area contributed by atoms with Crippen molar-refractivity contribution in [2.45, 2.75) is 26.1 Å². The largest absolute Gasteiger partial charge is 0.490 e. The number of nitrogens with zero attached hydrogens (tertiary/aromatic N) is 3. The van der Waals surface area contributed by atoms with Crippen molar-refractivity contribution in [3.63, 3.8) is 0 Å². The van der Waals surface area contributed by atoms with E-state index in [0.29, 0.717) is 49.8 Å². The van der Waals surface area contributed by atoms with Gasteiger partial charge in [0, 0.05) is 49.7 Å². The first-order chi connectivity index (χ1) is 14.9. The van der Waals surface area contributed by atoms with Gasteiger partial charge in [-0.3, -0.25) is 14.7 Å².